The molecule has 1 N–H and O–H groups in total. The molecule has 0 saturated carbocycles. The third-order valence-corrected chi connectivity index (χ3v) is 3.62. The Morgan fingerprint density at radius 3 is 2.56 bits per heavy atom. The van der Waals surface area contributed by atoms with Gasteiger partial charge in [-0.3, -0.25) is 5.43 Å². The number of anilines is 1. The van der Waals surface area contributed by atoms with Crippen molar-refractivity contribution in [2.75, 3.05) is 12.5 Å². The number of nitrogens with one attached hydrogen (secondary N) is 1. The molecule has 0 fully saturated rings. The van der Waals surface area contributed by atoms with E-state index in [1.807, 2.05) is 78.9 Å². The van der Waals surface area contributed by atoms with Gasteiger partial charge in [-0.05, 0) is 42.0 Å². The molecule has 0 amide bonds. The molecule has 0 aliphatic carbocycles. The van der Waals surface area contributed by atoms with Crippen LogP contribution in [-0.4, -0.2) is 13.3 Å². The fourth-order valence-corrected chi connectivity index (χ4v) is 2.33. The second kappa shape index (κ2) is 8.55. The van der Waals surface area contributed by atoms with Gasteiger partial charge in [-0.2, -0.15) is 5.10 Å². The molecule has 126 valence electrons. The lowest BCUT2D eigenvalue weighted by Crippen LogP contribution is -1.99. The van der Waals surface area contributed by atoms with E-state index in [1.165, 1.54) is 0 Å². The first-order valence-corrected chi connectivity index (χ1v) is 8.04. The first-order valence-electron chi connectivity index (χ1n) is 8.04. The van der Waals surface area contributed by atoms with Crippen LogP contribution in [0.2, 0.25) is 0 Å². The largest absolute Gasteiger partial charge is 0.497 e. The van der Waals surface area contributed by atoms with Gasteiger partial charge in [-0.25, -0.2) is 0 Å². The monoisotopic (exact) mass is 332 g/mol. The van der Waals surface area contributed by atoms with Crippen molar-refractivity contribution < 1.29 is 9.47 Å². The molecule has 4 heteroatoms. The van der Waals surface area contributed by atoms with Gasteiger partial charge in [0.25, 0.3) is 0 Å². The summed E-state index contributed by atoms with van der Waals surface area (Å²) in [6, 6.07) is 25.5. The van der Waals surface area contributed by atoms with Crippen molar-refractivity contribution in [3.05, 3.63) is 90.0 Å². The smallest absolute Gasteiger partial charge is 0.128 e. The Balaban J connectivity index is 1.66. The number of hydrogen-bond donors (Lipinski definition) is 1. The highest BCUT2D eigenvalue weighted by molar-refractivity contribution is 5.84. The van der Waals surface area contributed by atoms with E-state index in [0.717, 1.165) is 28.3 Å². The van der Waals surface area contributed by atoms with E-state index in [1.54, 1.807) is 13.3 Å². The number of nitrogens with zero attached hydrogens (tertiary/aromatic N) is 1. The molecule has 25 heavy (non-hydrogen) atoms. The fraction of sp³-hybridized carbons (Fsp3) is 0.0952. The van der Waals surface area contributed by atoms with Crippen molar-refractivity contribution in [2.45, 2.75) is 6.61 Å². The number of para-hydroxylation sites is 2. The highest BCUT2D eigenvalue weighted by Gasteiger charge is 2.02. The van der Waals surface area contributed by atoms with Crippen LogP contribution in [0.15, 0.2) is 84.0 Å². The minimum Gasteiger partial charge on any atom is -0.497 e. The van der Waals surface area contributed by atoms with Gasteiger partial charge in [0.05, 0.1) is 19.0 Å². The minimum absolute atomic E-state index is 0.466. The van der Waals surface area contributed by atoms with Gasteiger partial charge in [-0.15, -0.1) is 0 Å². The SMILES string of the molecule is COc1cccc(COc2ccccc2C=NNc2ccccc2)c1. The van der Waals surface area contributed by atoms with E-state index in [9.17, 15) is 0 Å². The number of hydrazone groups is 1. The van der Waals surface area contributed by atoms with E-state index in [-0.39, 0.29) is 0 Å². The van der Waals surface area contributed by atoms with Crippen LogP contribution in [-0.2, 0) is 6.61 Å². The van der Waals surface area contributed by atoms with E-state index in [4.69, 9.17) is 9.47 Å². The van der Waals surface area contributed by atoms with Crippen LogP contribution in [0.5, 0.6) is 11.5 Å². The number of rotatable bonds is 7. The second-order valence-electron chi connectivity index (χ2n) is 5.41. The van der Waals surface area contributed by atoms with E-state index < -0.39 is 0 Å². The summed E-state index contributed by atoms with van der Waals surface area (Å²) < 4.78 is 11.2. The van der Waals surface area contributed by atoms with Gasteiger partial charge in [0, 0.05) is 5.56 Å². The first-order chi connectivity index (χ1) is 12.3. The molecule has 0 radical (unpaired) electrons. The van der Waals surface area contributed by atoms with Crippen LogP contribution >= 0.6 is 0 Å². The number of methoxy groups -OCH3 is 1. The van der Waals surface area contributed by atoms with Gasteiger partial charge in [-0.1, -0.05) is 42.5 Å². The molecule has 4 nitrogen and oxygen atoms in total. The molecule has 0 aromatic heterocycles. The van der Waals surface area contributed by atoms with Crippen LogP contribution in [0.4, 0.5) is 5.69 Å². The van der Waals surface area contributed by atoms with Crippen molar-refractivity contribution in [2.24, 2.45) is 5.10 Å². The quantitative estimate of drug-likeness (QED) is 0.503. The lowest BCUT2D eigenvalue weighted by atomic mass is 10.2. The zero-order chi connectivity index (χ0) is 17.3. The average molecular weight is 332 g/mol. The summed E-state index contributed by atoms with van der Waals surface area (Å²) >= 11 is 0. The molecule has 0 spiro atoms. The number of benzene rings is 3. The molecule has 3 rings (SSSR count). The molecule has 3 aromatic rings. The summed E-state index contributed by atoms with van der Waals surface area (Å²) in [5.74, 6) is 1.60. The minimum atomic E-state index is 0.466. The Kier molecular flexibility index (Phi) is 5.67. The molecule has 0 atom stereocenters. The topological polar surface area (TPSA) is 42.9 Å². The van der Waals surface area contributed by atoms with Gasteiger partial charge >= 0.3 is 0 Å². The molecule has 0 aliphatic rings. The van der Waals surface area contributed by atoms with Crippen molar-refractivity contribution >= 4 is 11.9 Å². The third-order valence-electron chi connectivity index (χ3n) is 3.62. The molecule has 3 aromatic carbocycles. The average Bonchev–Trinajstić information content (AvgIpc) is 2.68. The molecular weight excluding hydrogens is 312 g/mol. The van der Waals surface area contributed by atoms with E-state index >= 15 is 0 Å². The summed E-state index contributed by atoms with van der Waals surface area (Å²) in [5, 5.41) is 4.28. The summed E-state index contributed by atoms with van der Waals surface area (Å²) in [7, 11) is 1.66. The van der Waals surface area contributed by atoms with E-state index in [0.29, 0.717) is 6.61 Å². The van der Waals surface area contributed by atoms with Gasteiger partial charge in [0.1, 0.15) is 18.1 Å². The van der Waals surface area contributed by atoms with E-state index in [2.05, 4.69) is 10.5 Å². The third kappa shape index (κ3) is 4.85. The second-order valence-corrected chi connectivity index (χ2v) is 5.41. The summed E-state index contributed by atoms with van der Waals surface area (Å²) in [6.07, 6.45) is 1.76. The lowest BCUT2D eigenvalue weighted by Gasteiger charge is -2.10. The molecule has 0 heterocycles. The first kappa shape index (κ1) is 16.6. The lowest BCUT2D eigenvalue weighted by molar-refractivity contribution is 0.305. The summed E-state index contributed by atoms with van der Waals surface area (Å²) in [6.45, 7) is 0.466. The van der Waals surface area contributed by atoms with Crippen LogP contribution in [0.25, 0.3) is 0 Å². The van der Waals surface area contributed by atoms with Gasteiger partial charge in [0.15, 0.2) is 0 Å². The zero-order valence-electron chi connectivity index (χ0n) is 14.1. The zero-order valence-corrected chi connectivity index (χ0v) is 14.1. The Labute approximate surface area is 147 Å². The van der Waals surface area contributed by atoms with Crippen molar-refractivity contribution in [1.29, 1.82) is 0 Å². The maximum absolute atomic E-state index is 5.95. The molecule has 0 unspecified atom stereocenters. The van der Waals surface area contributed by atoms with Crippen molar-refractivity contribution in [3.8, 4) is 11.5 Å². The maximum atomic E-state index is 5.95. The number of ether oxygens (including phenoxy) is 2. The van der Waals surface area contributed by atoms with Crippen molar-refractivity contribution in [1.82, 2.24) is 0 Å². The van der Waals surface area contributed by atoms with Crippen molar-refractivity contribution in [3.63, 3.8) is 0 Å². The van der Waals surface area contributed by atoms with Crippen LogP contribution in [0, 0.1) is 0 Å². The fourth-order valence-electron chi connectivity index (χ4n) is 2.33. The standard InChI is InChI=1S/C21H20N2O2/c1-24-20-12-7-8-17(14-20)16-25-21-13-6-5-9-18(21)15-22-23-19-10-3-2-4-11-19/h2-15,23H,16H2,1H3. The normalized spacial score (nSPS) is 10.6. The highest BCUT2D eigenvalue weighted by Crippen LogP contribution is 2.19. The van der Waals surface area contributed by atoms with Crippen LogP contribution in [0.3, 0.4) is 0 Å². The van der Waals surface area contributed by atoms with Gasteiger partial charge < -0.3 is 9.47 Å². The van der Waals surface area contributed by atoms with Crippen LogP contribution in [0.1, 0.15) is 11.1 Å². The highest BCUT2D eigenvalue weighted by atomic mass is 16.5. The Morgan fingerprint density at radius 2 is 1.72 bits per heavy atom. The predicted molar refractivity (Wildman–Crippen MR) is 101 cm³/mol. The summed E-state index contributed by atoms with van der Waals surface area (Å²) in [5.41, 5.74) is 5.91. The Hall–Kier alpha value is -3.27. The summed E-state index contributed by atoms with van der Waals surface area (Å²) in [4.78, 5) is 0. The van der Waals surface area contributed by atoms with Crippen LogP contribution < -0.4 is 14.9 Å². The predicted octanol–water partition coefficient (Wildman–Crippen LogP) is 4.72. The molecule has 0 aliphatic heterocycles. The number of hydrogen-bond acceptors (Lipinski definition) is 4. The Morgan fingerprint density at radius 1 is 0.920 bits per heavy atom. The molecular formula is C21H20N2O2. The molecule has 0 bridgehead atoms. The maximum Gasteiger partial charge on any atom is 0.128 e. The van der Waals surface area contributed by atoms with Gasteiger partial charge in [0.2, 0.25) is 0 Å². The molecule has 0 saturated heterocycles. The Bertz CT molecular complexity index is 832.